The van der Waals surface area contributed by atoms with Gasteiger partial charge in [-0.1, -0.05) is 12.1 Å². The van der Waals surface area contributed by atoms with E-state index in [1.807, 2.05) is 51.1 Å². The van der Waals surface area contributed by atoms with Gasteiger partial charge >= 0.3 is 0 Å². The van der Waals surface area contributed by atoms with Crippen LogP contribution in [0.4, 0.5) is 17.2 Å². The topological polar surface area (TPSA) is 120 Å². The summed E-state index contributed by atoms with van der Waals surface area (Å²) in [5.41, 5.74) is 5.07. The molecule has 186 valence electrons. The number of nitrogens with zero attached hydrogens (tertiary/aromatic N) is 6. The number of rotatable bonds is 7. The van der Waals surface area contributed by atoms with Gasteiger partial charge in [0.1, 0.15) is 0 Å². The number of amides is 1. The van der Waals surface area contributed by atoms with Crippen molar-refractivity contribution >= 4 is 34.0 Å². The Labute approximate surface area is 213 Å². The minimum atomic E-state index is -0.193. The summed E-state index contributed by atoms with van der Waals surface area (Å²) in [6.45, 7) is 6.25. The van der Waals surface area contributed by atoms with E-state index < -0.39 is 0 Å². The van der Waals surface area contributed by atoms with Gasteiger partial charge in [-0.05, 0) is 74.9 Å². The third kappa shape index (κ3) is 5.08. The molecule has 3 aromatic heterocycles. The summed E-state index contributed by atoms with van der Waals surface area (Å²) >= 11 is 0. The molecular formula is C27H26N8O2. The number of anilines is 3. The van der Waals surface area contributed by atoms with Gasteiger partial charge < -0.3 is 10.6 Å². The van der Waals surface area contributed by atoms with Crippen molar-refractivity contribution in [2.45, 2.75) is 33.7 Å². The highest BCUT2D eigenvalue weighted by Gasteiger charge is 2.11. The van der Waals surface area contributed by atoms with Gasteiger partial charge in [-0.25, -0.2) is 9.67 Å². The molecule has 0 unspecified atom stereocenters. The molecule has 0 atom stereocenters. The summed E-state index contributed by atoms with van der Waals surface area (Å²) in [7, 11) is 0. The van der Waals surface area contributed by atoms with Gasteiger partial charge in [-0.2, -0.15) is 5.10 Å². The second-order valence-corrected chi connectivity index (χ2v) is 8.75. The molecule has 0 saturated heterocycles. The number of hydrogen-bond acceptors (Lipinski definition) is 7. The summed E-state index contributed by atoms with van der Waals surface area (Å²) in [6, 6.07) is 18.1. The molecule has 0 spiro atoms. The van der Waals surface area contributed by atoms with Crippen LogP contribution in [0.15, 0.2) is 71.8 Å². The Kier molecular flexibility index (Phi) is 6.46. The fraction of sp³-hybridized carbons (Fsp3) is 0.185. The van der Waals surface area contributed by atoms with Crippen LogP contribution in [0.5, 0.6) is 0 Å². The summed E-state index contributed by atoms with van der Waals surface area (Å²) in [4.78, 5) is 29.3. The Morgan fingerprint density at radius 1 is 0.919 bits per heavy atom. The van der Waals surface area contributed by atoms with E-state index in [1.54, 1.807) is 35.0 Å². The van der Waals surface area contributed by atoms with Crippen molar-refractivity contribution in [1.82, 2.24) is 29.5 Å². The lowest BCUT2D eigenvalue weighted by Gasteiger charge is -2.09. The van der Waals surface area contributed by atoms with Gasteiger partial charge in [0, 0.05) is 30.0 Å². The van der Waals surface area contributed by atoms with Gasteiger partial charge in [0.05, 0.1) is 22.9 Å². The summed E-state index contributed by atoms with van der Waals surface area (Å²) in [5, 5.41) is 19.7. The molecule has 0 aliphatic rings. The maximum absolute atomic E-state index is 12.6. The molecule has 1 amide bonds. The molecule has 0 saturated carbocycles. The first-order chi connectivity index (χ1) is 17.9. The van der Waals surface area contributed by atoms with E-state index >= 15 is 0 Å². The highest BCUT2D eigenvalue weighted by atomic mass is 16.2. The molecule has 0 aliphatic carbocycles. The second-order valence-electron chi connectivity index (χ2n) is 8.75. The summed E-state index contributed by atoms with van der Waals surface area (Å²) < 4.78 is 3.24. The molecule has 3 heterocycles. The van der Waals surface area contributed by atoms with Gasteiger partial charge in [-0.15, -0.1) is 10.2 Å². The van der Waals surface area contributed by atoms with Crippen molar-refractivity contribution in [1.29, 1.82) is 0 Å². The van der Waals surface area contributed by atoms with Crippen molar-refractivity contribution in [3.05, 3.63) is 94.3 Å². The van der Waals surface area contributed by atoms with Crippen molar-refractivity contribution in [2.24, 2.45) is 0 Å². The Morgan fingerprint density at radius 3 is 2.38 bits per heavy atom. The maximum Gasteiger partial charge on any atom is 0.261 e. The van der Waals surface area contributed by atoms with Crippen LogP contribution in [0, 0.1) is 20.8 Å². The Morgan fingerprint density at radius 2 is 1.68 bits per heavy atom. The lowest BCUT2D eigenvalue weighted by molar-refractivity contribution is -0.116. The largest absolute Gasteiger partial charge is 0.339 e. The van der Waals surface area contributed by atoms with Crippen LogP contribution < -0.4 is 16.2 Å². The smallest absolute Gasteiger partial charge is 0.261 e. The molecule has 5 aromatic rings. The molecule has 10 heteroatoms. The fourth-order valence-electron chi connectivity index (χ4n) is 3.94. The Balaban J connectivity index is 1.17. The first-order valence-corrected chi connectivity index (χ1v) is 11.9. The SMILES string of the molecule is Cc1nn(-c2ccc(Nc3ccc(NC(=O)CCn4cnc5ccccc5c4=O)cc3)nn2)c(C)c1C. The molecule has 2 aromatic carbocycles. The van der Waals surface area contributed by atoms with Crippen LogP contribution in [0.3, 0.4) is 0 Å². The van der Waals surface area contributed by atoms with Crippen molar-refractivity contribution in [3.63, 3.8) is 0 Å². The normalized spacial score (nSPS) is 11.0. The van der Waals surface area contributed by atoms with Crippen molar-refractivity contribution in [3.8, 4) is 5.82 Å². The third-order valence-corrected chi connectivity index (χ3v) is 6.27. The minimum Gasteiger partial charge on any atom is -0.339 e. The van der Waals surface area contributed by atoms with E-state index in [2.05, 4.69) is 30.9 Å². The number of aromatic nitrogens is 6. The van der Waals surface area contributed by atoms with Crippen LogP contribution in [-0.4, -0.2) is 35.4 Å². The van der Waals surface area contributed by atoms with E-state index in [0.717, 1.165) is 22.6 Å². The molecule has 37 heavy (non-hydrogen) atoms. The molecule has 5 rings (SSSR count). The Hall–Kier alpha value is -4.86. The highest BCUT2D eigenvalue weighted by Crippen LogP contribution is 2.19. The van der Waals surface area contributed by atoms with E-state index in [0.29, 0.717) is 28.2 Å². The first kappa shape index (κ1) is 23.9. The predicted molar refractivity (Wildman–Crippen MR) is 142 cm³/mol. The molecule has 0 radical (unpaired) electrons. The number of nitrogens with one attached hydrogen (secondary N) is 2. The summed E-state index contributed by atoms with van der Waals surface area (Å²) in [5.74, 6) is 1.05. The monoisotopic (exact) mass is 494 g/mol. The van der Waals surface area contributed by atoms with E-state index in [9.17, 15) is 9.59 Å². The molecule has 2 N–H and O–H groups in total. The fourth-order valence-corrected chi connectivity index (χ4v) is 3.94. The van der Waals surface area contributed by atoms with Gasteiger partial charge in [0.15, 0.2) is 11.6 Å². The van der Waals surface area contributed by atoms with E-state index in [-0.39, 0.29) is 24.4 Å². The maximum atomic E-state index is 12.6. The zero-order valence-corrected chi connectivity index (χ0v) is 20.8. The van der Waals surface area contributed by atoms with Crippen LogP contribution in [0.2, 0.25) is 0 Å². The minimum absolute atomic E-state index is 0.149. The van der Waals surface area contributed by atoms with Crippen LogP contribution in [0.1, 0.15) is 23.4 Å². The van der Waals surface area contributed by atoms with Crippen LogP contribution in [-0.2, 0) is 11.3 Å². The molecule has 0 aliphatic heterocycles. The van der Waals surface area contributed by atoms with Crippen molar-refractivity contribution in [2.75, 3.05) is 10.6 Å². The van der Waals surface area contributed by atoms with Gasteiger partial charge in [0.25, 0.3) is 5.56 Å². The van der Waals surface area contributed by atoms with E-state index in [1.165, 1.54) is 10.9 Å². The average Bonchev–Trinajstić information content (AvgIpc) is 3.17. The van der Waals surface area contributed by atoms with Crippen molar-refractivity contribution < 1.29 is 4.79 Å². The molecular weight excluding hydrogens is 468 g/mol. The number of carbonyl (C=O) groups is 1. The lowest BCUT2D eigenvalue weighted by Crippen LogP contribution is -2.23. The first-order valence-electron chi connectivity index (χ1n) is 11.9. The number of hydrogen-bond donors (Lipinski definition) is 2. The van der Waals surface area contributed by atoms with Gasteiger partial charge in [-0.3, -0.25) is 14.2 Å². The standard InChI is InChI=1S/C27H26N8O2/c1-17-18(2)33-35(19(17)3)25-13-12-24(31-32-25)29-20-8-10-21(11-9-20)30-26(36)14-15-34-16-28-23-7-5-4-6-22(23)27(34)37/h4-13,16H,14-15H2,1-3H3,(H,29,31)(H,30,36). The van der Waals surface area contributed by atoms with Crippen LogP contribution in [0.25, 0.3) is 16.7 Å². The highest BCUT2D eigenvalue weighted by molar-refractivity contribution is 5.90. The Bertz CT molecular complexity index is 1640. The lowest BCUT2D eigenvalue weighted by atomic mass is 10.2. The van der Waals surface area contributed by atoms with Crippen LogP contribution >= 0.6 is 0 Å². The molecule has 0 bridgehead atoms. The molecule has 10 nitrogen and oxygen atoms in total. The third-order valence-electron chi connectivity index (χ3n) is 6.27. The number of carbonyl (C=O) groups excluding carboxylic acids is 1. The number of para-hydroxylation sites is 1. The second kappa shape index (κ2) is 10.0. The quantitative estimate of drug-likeness (QED) is 0.350. The number of fused-ring (bicyclic) bond motifs is 1. The number of aryl methyl sites for hydroxylation is 2. The number of benzene rings is 2. The summed E-state index contributed by atoms with van der Waals surface area (Å²) in [6.07, 6.45) is 1.63. The molecule has 0 fully saturated rings. The average molecular weight is 495 g/mol. The van der Waals surface area contributed by atoms with E-state index in [4.69, 9.17) is 0 Å². The predicted octanol–water partition coefficient (Wildman–Crippen LogP) is 4.07. The zero-order chi connectivity index (χ0) is 25.9. The zero-order valence-electron chi connectivity index (χ0n) is 20.8. The van der Waals surface area contributed by atoms with Gasteiger partial charge in [0.2, 0.25) is 5.91 Å².